The molecule has 7 nitrogen and oxygen atoms in total. The van der Waals surface area contributed by atoms with Gasteiger partial charge in [-0.2, -0.15) is 5.26 Å². The average molecular weight is 362 g/mol. The van der Waals surface area contributed by atoms with Crippen molar-refractivity contribution < 1.29 is 4.79 Å². The molecule has 0 bridgehead atoms. The molecule has 2 heterocycles. The molecule has 2 aromatic carbocycles. The first kappa shape index (κ1) is 16.1. The summed E-state index contributed by atoms with van der Waals surface area (Å²) in [6.07, 6.45) is 0. The van der Waals surface area contributed by atoms with Crippen LogP contribution in [0, 0.1) is 11.3 Å². The first-order chi connectivity index (χ1) is 12.6. The third-order valence-electron chi connectivity index (χ3n) is 4.48. The van der Waals surface area contributed by atoms with Crippen LogP contribution < -0.4 is 16.4 Å². The Labute approximate surface area is 153 Å². The summed E-state index contributed by atoms with van der Waals surface area (Å²) in [5.41, 5.74) is 17.2. The molecule has 4 rings (SSSR count). The van der Waals surface area contributed by atoms with Gasteiger partial charge in [0, 0.05) is 5.56 Å². The Hall–Kier alpha value is -3.44. The Morgan fingerprint density at radius 2 is 2.04 bits per heavy atom. The number of hydrogen-bond donors (Lipinski definition) is 2. The minimum atomic E-state index is -0.629. The molecule has 0 spiro atoms. The maximum Gasteiger partial charge on any atom is 0.242 e. The second kappa shape index (κ2) is 6.13. The highest BCUT2D eigenvalue weighted by Gasteiger charge is 2.42. The number of carbonyl (C=O) groups excluding carboxylic acids is 1. The lowest BCUT2D eigenvalue weighted by Crippen LogP contribution is -2.29. The second-order valence-electron chi connectivity index (χ2n) is 5.90. The summed E-state index contributed by atoms with van der Waals surface area (Å²) in [5, 5.41) is 17.8. The van der Waals surface area contributed by atoms with Crippen LogP contribution >= 0.6 is 11.3 Å². The van der Waals surface area contributed by atoms with E-state index in [0.29, 0.717) is 33.2 Å². The van der Waals surface area contributed by atoms with Gasteiger partial charge in [-0.05, 0) is 23.8 Å². The number of rotatable bonds is 3. The number of nitrogen functional groups attached to an aromatic ring is 2. The fourth-order valence-corrected chi connectivity index (χ4v) is 3.87. The number of nitriles is 1. The minimum Gasteiger partial charge on any atom is -0.397 e. The van der Waals surface area contributed by atoms with E-state index in [-0.39, 0.29) is 12.5 Å². The molecule has 0 aliphatic carbocycles. The van der Waals surface area contributed by atoms with E-state index in [1.54, 1.807) is 34.7 Å². The van der Waals surface area contributed by atoms with Gasteiger partial charge in [-0.15, -0.1) is 21.5 Å². The summed E-state index contributed by atoms with van der Waals surface area (Å²) >= 11 is 1.30. The lowest BCUT2D eigenvalue weighted by Gasteiger charge is -2.19. The van der Waals surface area contributed by atoms with Gasteiger partial charge >= 0.3 is 0 Å². The first-order valence-corrected chi connectivity index (χ1v) is 8.73. The molecule has 1 unspecified atom stereocenters. The lowest BCUT2D eigenvalue weighted by molar-refractivity contribution is -0.118. The van der Waals surface area contributed by atoms with Gasteiger partial charge in [0.25, 0.3) is 0 Å². The molecular weight excluding hydrogens is 348 g/mol. The first-order valence-electron chi connectivity index (χ1n) is 7.85. The number of benzene rings is 2. The zero-order valence-electron chi connectivity index (χ0n) is 13.6. The van der Waals surface area contributed by atoms with E-state index in [4.69, 9.17) is 11.5 Å². The van der Waals surface area contributed by atoms with Crippen molar-refractivity contribution in [2.45, 2.75) is 12.5 Å². The number of hydrogen-bond acceptors (Lipinski definition) is 7. The maximum atomic E-state index is 13.2. The summed E-state index contributed by atoms with van der Waals surface area (Å²) in [4.78, 5) is 14.8. The van der Waals surface area contributed by atoms with E-state index in [9.17, 15) is 10.1 Å². The third kappa shape index (κ3) is 2.37. The largest absolute Gasteiger partial charge is 0.397 e. The normalized spacial score (nSPS) is 15.7. The molecule has 3 aromatic rings. The maximum absolute atomic E-state index is 13.2. The Bertz CT molecular complexity index is 1040. The molecular formula is C18H14N6OS. The highest BCUT2D eigenvalue weighted by molar-refractivity contribution is 7.09. The van der Waals surface area contributed by atoms with Crippen LogP contribution in [0.4, 0.5) is 17.1 Å². The quantitative estimate of drug-likeness (QED) is 0.689. The van der Waals surface area contributed by atoms with Gasteiger partial charge in [-0.1, -0.05) is 18.2 Å². The van der Waals surface area contributed by atoms with Gasteiger partial charge in [-0.25, -0.2) is 0 Å². The number of nitrogens with zero attached hydrogens (tertiary/aromatic N) is 4. The van der Waals surface area contributed by atoms with E-state index >= 15 is 0 Å². The van der Waals surface area contributed by atoms with E-state index in [2.05, 4.69) is 16.3 Å². The van der Waals surface area contributed by atoms with Gasteiger partial charge in [0.15, 0.2) is 0 Å². The van der Waals surface area contributed by atoms with Gasteiger partial charge in [0.05, 0.1) is 35.2 Å². The van der Waals surface area contributed by atoms with Gasteiger partial charge in [-0.3, -0.25) is 4.79 Å². The molecule has 0 saturated carbocycles. The van der Waals surface area contributed by atoms with Crippen LogP contribution in [0.3, 0.4) is 0 Å². The Kier molecular flexibility index (Phi) is 3.78. The molecule has 26 heavy (non-hydrogen) atoms. The summed E-state index contributed by atoms with van der Waals surface area (Å²) in [7, 11) is 0. The van der Waals surface area contributed by atoms with E-state index < -0.39 is 5.92 Å². The van der Waals surface area contributed by atoms with Gasteiger partial charge < -0.3 is 16.4 Å². The molecule has 1 aliphatic rings. The highest BCUT2D eigenvalue weighted by Crippen LogP contribution is 2.47. The van der Waals surface area contributed by atoms with E-state index in [1.165, 1.54) is 11.3 Å². The fraction of sp³-hybridized carbons (Fsp3) is 0.111. The van der Waals surface area contributed by atoms with Crippen molar-refractivity contribution >= 4 is 34.3 Å². The molecule has 8 heteroatoms. The Morgan fingerprint density at radius 3 is 2.77 bits per heavy atom. The van der Waals surface area contributed by atoms with Crippen molar-refractivity contribution in [1.82, 2.24) is 10.2 Å². The van der Waals surface area contributed by atoms with Crippen LogP contribution in [0.25, 0.3) is 0 Å². The number of nitrogens with two attached hydrogens (primary N) is 2. The lowest BCUT2D eigenvalue weighted by atomic mass is 9.99. The molecule has 1 aromatic heterocycles. The molecule has 1 aliphatic heterocycles. The van der Waals surface area contributed by atoms with Crippen LogP contribution in [0.2, 0.25) is 0 Å². The summed E-state index contributed by atoms with van der Waals surface area (Å²) in [6.45, 7) is 0.272. The van der Waals surface area contributed by atoms with Crippen LogP contribution in [0.5, 0.6) is 0 Å². The zero-order valence-corrected chi connectivity index (χ0v) is 14.4. The Balaban J connectivity index is 1.84. The number of aromatic nitrogens is 2. The number of carbonyl (C=O) groups is 1. The van der Waals surface area contributed by atoms with Crippen molar-refractivity contribution in [1.29, 1.82) is 5.26 Å². The van der Waals surface area contributed by atoms with Crippen molar-refractivity contribution in [2.24, 2.45) is 0 Å². The zero-order chi connectivity index (χ0) is 18.3. The number of amides is 1. The van der Waals surface area contributed by atoms with Crippen LogP contribution in [0.1, 0.15) is 27.6 Å². The molecule has 0 fully saturated rings. The standard InChI is InChI=1S/C18H14N6OS/c19-7-10-3-1-2-4-11(10)8-24-13-6-5-12(20)16(21)14(13)15(18(24)25)17-23-22-9-26-17/h1-6,9,15H,8,20-21H2. The monoisotopic (exact) mass is 362 g/mol. The SMILES string of the molecule is N#Cc1ccccc1CN1C(=O)C(c2nncs2)c2c1ccc(N)c2N. The topological polar surface area (TPSA) is 122 Å². The van der Waals surface area contributed by atoms with Gasteiger partial charge in [0.1, 0.15) is 16.4 Å². The van der Waals surface area contributed by atoms with Crippen molar-refractivity contribution in [3.05, 3.63) is 63.6 Å². The molecule has 4 N–H and O–H groups in total. The predicted molar refractivity (Wildman–Crippen MR) is 99.4 cm³/mol. The van der Waals surface area contributed by atoms with E-state index in [0.717, 1.165) is 5.56 Å². The summed E-state index contributed by atoms with van der Waals surface area (Å²) in [5.74, 6) is -0.781. The highest BCUT2D eigenvalue weighted by atomic mass is 32.1. The molecule has 128 valence electrons. The fourth-order valence-electron chi connectivity index (χ4n) is 3.22. The molecule has 1 atom stereocenters. The second-order valence-corrected chi connectivity index (χ2v) is 6.77. The van der Waals surface area contributed by atoms with E-state index in [1.807, 2.05) is 12.1 Å². The predicted octanol–water partition coefficient (Wildman–Crippen LogP) is 2.25. The summed E-state index contributed by atoms with van der Waals surface area (Å²) in [6, 6.07) is 12.8. The van der Waals surface area contributed by atoms with Gasteiger partial charge in [0.2, 0.25) is 5.91 Å². The summed E-state index contributed by atoms with van der Waals surface area (Å²) < 4.78 is 0. The third-order valence-corrected chi connectivity index (χ3v) is 5.24. The van der Waals surface area contributed by atoms with Crippen LogP contribution in [-0.4, -0.2) is 16.1 Å². The van der Waals surface area contributed by atoms with Crippen molar-refractivity contribution in [3.8, 4) is 6.07 Å². The van der Waals surface area contributed by atoms with Crippen LogP contribution in [-0.2, 0) is 11.3 Å². The molecule has 0 saturated heterocycles. The number of anilines is 3. The Morgan fingerprint density at radius 1 is 1.23 bits per heavy atom. The minimum absolute atomic E-state index is 0.151. The average Bonchev–Trinajstić information content (AvgIpc) is 3.26. The molecule has 0 radical (unpaired) electrons. The molecule has 1 amide bonds. The smallest absolute Gasteiger partial charge is 0.242 e. The van der Waals surface area contributed by atoms with Crippen molar-refractivity contribution in [3.63, 3.8) is 0 Å². The number of fused-ring (bicyclic) bond motifs is 1. The van der Waals surface area contributed by atoms with Crippen molar-refractivity contribution in [2.75, 3.05) is 16.4 Å². The van der Waals surface area contributed by atoms with Crippen LogP contribution in [0.15, 0.2) is 41.9 Å².